The summed E-state index contributed by atoms with van der Waals surface area (Å²) in [4.78, 5) is 12.5. The molecule has 7 nitrogen and oxygen atoms in total. The average molecular weight is 268 g/mol. The Labute approximate surface area is 110 Å². The number of rotatable bonds is 4. The number of methoxy groups -OCH3 is 1. The Morgan fingerprint density at radius 3 is 3.05 bits per heavy atom. The highest BCUT2D eigenvalue weighted by Crippen LogP contribution is 2.33. The number of hydrogen-bond acceptors (Lipinski definition) is 6. The fraction of sp³-hybridized carbons (Fsp3) is 0.500. The standard InChI is InChI=1S/C12H16N2O5/c1-18-10-2-3-11(14(16)17)12(6-10)13-4-5-19-8-9(13)7-15/h2-3,6,9,15H,4-5,7-8H2,1H3. The SMILES string of the molecule is COc1ccc([N+](=O)[O-])c(N2CCOCC2CO)c1. The van der Waals surface area contributed by atoms with Gasteiger partial charge in [0, 0.05) is 18.7 Å². The molecule has 0 radical (unpaired) electrons. The van der Waals surface area contributed by atoms with Crippen molar-refractivity contribution in [2.75, 3.05) is 38.4 Å². The quantitative estimate of drug-likeness (QED) is 0.642. The smallest absolute Gasteiger partial charge is 0.292 e. The van der Waals surface area contributed by atoms with Crippen LogP contribution in [0.4, 0.5) is 11.4 Å². The molecule has 1 aromatic rings. The van der Waals surface area contributed by atoms with Crippen molar-refractivity contribution < 1.29 is 19.5 Å². The summed E-state index contributed by atoms with van der Waals surface area (Å²) in [7, 11) is 1.51. The van der Waals surface area contributed by atoms with E-state index in [1.165, 1.54) is 13.2 Å². The number of ether oxygens (including phenoxy) is 2. The fourth-order valence-electron chi connectivity index (χ4n) is 2.14. The maximum Gasteiger partial charge on any atom is 0.292 e. The van der Waals surface area contributed by atoms with Gasteiger partial charge in [0.1, 0.15) is 11.4 Å². The van der Waals surface area contributed by atoms with Gasteiger partial charge in [0.25, 0.3) is 5.69 Å². The first kappa shape index (κ1) is 13.6. The summed E-state index contributed by atoms with van der Waals surface area (Å²) in [5, 5.41) is 20.5. The second kappa shape index (κ2) is 5.85. The molecular formula is C12H16N2O5. The molecule has 104 valence electrons. The molecule has 0 aliphatic carbocycles. The third-order valence-corrected chi connectivity index (χ3v) is 3.13. The van der Waals surface area contributed by atoms with Crippen LogP contribution in [0.15, 0.2) is 18.2 Å². The zero-order valence-electron chi connectivity index (χ0n) is 10.6. The summed E-state index contributed by atoms with van der Waals surface area (Å²) >= 11 is 0. The van der Waals surface area contributed by atoms with E-state index in [1.807, 2.05) is 0 Å². The van der Waals surface area contributed by atoms with Crippen molar-refractivity contribution in [2.45, 2.75) is 6.04 Å². The van der Waals surface area contributed by atoms with Crippen LogP contribution in [0, 0.1) is 10.1 Å². The molecule has 1 heterocycles. The molecule has 1 saturated heterocycles. The molecule has 1 atom stereocenters. The van der Waals surface area contributed by atoms with Gasteiger partial charge < -0.3 is 19.5 Å². The number of nitro groups is 1. The highest BCUT2D eigenvalue weighted by molar-refractivity contribution is 5.66. The highest BCUT2D eigenvalue weighted by Gasteiger charge is 2.28. The number of hydrogen-bond donors (Lipinski definition) is 1. The van der Waals surface area contributed by atoms with Gasteiger partial charge in [-0.3, -0.25) is 10.1 Å². The van der Waals surface area contributed by atoms with E-state index < -0.39 is 4.92 Å². The maximum atomic E-state index is 11.1. The molecule has 1 aliphatic rings. The first-order chi connectivity index (χ1) is 9.17. The lowest BCUT2D eigenvalue weighted by Gasteiger charge is -2.35. The molecule has 0 aromatic heterocycles. The fourth-order valence-corrected chi connectivity index (χ4v) is 2.14. The third kappa shape index (κ3) is 2.77. The summed E-state index contributed by atoms with van der Waals surface area (Å²) in [6, 6.07) is 4.31. The number of aliphatic hydroxyl groups is 1. The van der Waals surface area contributed by atoms with Crippen LogP contribution in [0.3, 0.4) is 0 Å². The Morgan fingerprint density at radius 2 is 2.42 bits per heavy atom. The van der Waals surface area contributed by atoms with E-state index in [1.54, 1.807) is 17.0 Å². The number of morpholine rings is 1. The van der Waals surface area contributed by atoms with Crippen molar-refractivity contribution in [2.24, 2.45) is 0 Å². The zero-order chi connectivity index (χ0) is 13.8. The van der Waals surface area contributed by atoms with Gasteiger partial charge in [0.15, 0.2) is 0 Å². The van der Waals surface area contributed by atoms with E-state index in [-0.39, 0.29) is 18.3 Å². The third-order valence-electron chi connectivity index (χ3n) is 3.13. The Balaban J connectivity index is 2.42. The second-order valence-electron chi connectivity index (χ2n) is 4.22. The number of anilines is 1. The summed E-state index contributed by atoms with van der Waals surface area (Å²) in [6.45, 7) is 1.21. The minimum atomic E-state index is -0.432. The van der Waals surface area contributed by atoms with Gasteiger partial charge in [0.2, 0.25) is 0 Å². The van der Waals surface area contributed by atoms with E-state index in [2.05, 4.69) is 0 Å². The summed E-state index contributed by atoms with van der Waals surface area (Å²) in [5.41, 5.74) is 0.452. The van der Waals surface area contributed by atoms with Crippen LogP contribution in [-0.2, 0) is 4.74 Å². The molecule has 0 saturated carbocycles. The molecule has 0 spiro atoms. The van der Waals surface area contributed by atoms with Crippen LogP contribution in [0.1, 0.15) is 0 Å². The molecule has 1 aliphatic heterocycles. The highest BCUT2D eigenvalue weighted by atomic mass is 16.6. The largest absolute Gasteiger partial charge is 0.497 e. The normalized spacial score (nSPS) is 19.3. The Morgan fingerprint density at radius 1 is 1.63 bits per heavy atom. The molecule has 1 fully saturated rings. The van der Waals surface area contributed by atoms with E-state index >= 15 is 0 Å². The lowest BCUT2D eigenvalue weighted by Crippen LogP contribution is -2.47. The molecule has 7 heteroatoms. The maximum absolute atomic E-state index is 11.1. The molecule has 1 N–H and O–H groups in total. The first-order valence-electron chi connectivity index (χ1n) is 5.95. The molecule has 1 aromatic carbocycles. The van der Waals surface area contributed by atoms with E-state index in [4.69, 9.17) is 9.47 Å². The number of aliphatic hydroxyl groups excluding tert-OH is 1. The lowest BCUT2D eigenvalue weighted by molar-refractivity contribution is -0.384. The van der Waals surface area contributed by atoms with Crippen LogP contribution in [-0.4, -0.2) is 49.5 Å². The number of benzene rings is 1. The zero-order valence-corrected chi connectivity index (χ0v) is 10.6. The van der Waals surface area contributed by atoms with E-state index in [0.717, 1.165) is 0 Å². The Kier molecular flexibility index (Phi) is 4.18. The average Bonchev–Trinajstić information content (AvgIpc) is 2.46. The summed E-state index contributed by atoms with van der Waals surface area (Å²) in [6.07, 6.45) is 0. The van der Waals surface area contributed by atoms with Crippen LogP contribution in [0.5, 0.6) is 5.75 Å². The second-order valence-corrected chi connectivity index (χ2v) is 4.22. The topological polar surface area (TPSA) is 85.1 Å². The Hall–Kier alpha value is -1.86. The van der Waals surface area contributed by atoms with Crippen molar-refractivity contribution in [3.05, 3.63) is 28.3 Å². The van der Waals surface area contributed by atoms with Crippen molar-refractivity contribution in [3.63, 3.8) is 0 Å². The molecular weight excluding hydrogens is 252 g/mol. The molecule has 1 unspecified atom stereocenters. The minimum Gasteiger partial charge on any atom is -0.497 e. The van der Waals surface area contributed by atoms with Crippen molar-refractivity contribution in [3.8, 4) is 5.75 Å². The first-order valence-corrected chi connectivity index (χ1v) is 5.95. The number of nitrogens with zero attached hydrogens (tertiary/aromatic N) is 2. The Bertz CT molecular complexity index is 465. The molecule has 19 heavy (non-hydrogen) atoms. The van der Waals surface area contributed by atoms with Gasteiger partial charge in [-0.25, -0.2) is 0 Å². The molecule has 0 amide bonds. The van der Waals surface area contributed by atoms with E-state index in [9.17, 15) is 15.2 Å². The van der Waals surface area contributed by atoms with Crippen molar-refractivity contribution in [1.82, 2.24) is 0 Å². The summed E-state index contributed by atoms with van der Waals surface area (Å²) in [5.74, 6) is 0.545. The van der Waals surface area contributed by atoms with Crippen LogP contribution in [0.25, 0.3) is 0 Å². The van der Waals surface area contributed by atoms with Gasteiger partial charge in [0.05, 0.1) is 37.9 Å². The van der Waals surface area contributed by atoms with Crippen LogP contribution >= 0.6 is 0 Å². The van der Waals surface area contributed by atoms with Gasteiger partial charge in [-0.2, -0.15) is 0 Å². The van der Waals surface area contributed by atoms with Gasteiger partial charge in [-0.1, -0.05) is 0 Å². The van der Waals surface area contributed by atoms with Crippen LogP contribution in [0.2, 0.25) is 0 Å². The predicted molar refractivity (Wildman–Crippen MR) is 68.7 cm³/mol. The van der Waals surface area contributed by atoms with Gasteiger partial charge in [-0.05, 0) is 6.07 Å². The lowest BCUT2D eigenvalue weighted by atomic mass is 10.1. The minimum absolute atomic E-state index is 0.00106. The van der Waals surface area contributed by atoms with Crippen molar-refractivity contribution >= 4 is 11.4 Å². The van der Waals surface area contributed by atoms with Crippen LogP contribution < -0.4 is 9.64 Å². The van der Waals surface area contributed by atoms with Gasteiger partial charge >= 0.3 is 0 Å². The molecule has 0 bridgehead atoms. The number of nitro benzene ring substituents is 1. The molecule has 2 rings (SSSR count). The predicted octanol–water partition coefficient (Wildman–Crippen LogP) is 0.801. The van der Waals surface area contributed by atoms with Crippen molar-refractivity contribution in [1.29, 1.82) is 0 Å². The van der Waals surface area contributed by atoms with E-state index in [0.29, 0.717) is 31.2 Å². The monoisotopic (exact) mass is 268 g/mol. The van der Waals surface area contributed by atoms with Gasteiger partial charge in [-0.15, -0.1) is 0 Å². The summed E-state index contributed by atoms with van der Waals surface area (Å²) < 4.78 is 10.4.